The van der Waals surface area contributed by atoms with Gasteiger partial charge in [0.15, 0.2) is 0 Å². The number of hydrogen-bond acceptors (Lipinski definition) is 10. The van der Waals surface area contributed by atoms with Crippen LogP contribution < -0.4 is 9.58 Å². The average Bonchev–Trinajstić information content (AvgIpc) is 3.18. The van der Waals surface area contributed by atoms with Crippen LogP contribution in [-0.2, 0) is 33.4 Å². The van der Waals surface area contributed by atoms with Crippen molar-refractivity contribution in [2.75, 3.05) is 31.7 Å². The number of esters is 1. The van der Waals surface area contributed by atoms with Gasteiger partial charge in [-0.1, -0.05) is 23.3 Å². The first-order chi connectivity index (χ1) is 16.6. The minimum Gasteiger partial charge on any atom is -0.726 e. The molecule has 3 aromatic rings. The molecule has 0 N–H and O–H groups in total. The Bertz CT molecular complexity index is 1210. The Morgan fingerprint density at radius 3 is 2.29 bits per heavy atom. The van der Waals surface area contributed by atoms with Gasteiger partial charge in [-0.05, 0) is 48.3 Å². The number of anilines is 1. The fraction of sp³-hybridized carbons (Fsp3) is 0.318. The predicted molar refractivity (Wildman–Crippen MR) is 126 cm³/mol. The van der Waals surface area contributed by atoms with E-state index < -0.39 is 10.4 Å². The molecule has 12 nitrogen and oxygen atoms in total. The second kappa shape index (κ2) is 13.3. The predicted octanol–water partition coefficient (Wildman–Crippen LogP) is 2.44. The molecule has 0 saturated carbocycles. The molecule has 0 fully saturated rings. The molecule has 0 amide bonds. The van der Waals surface area contributed by atoms with Crippen LogP contribution >= 0.6 is 0 Å². The number of aryl methyl sites for hydroxylation is 1. The van der Waals surface area contributed by atoms with Gasteiger partial charge in [0.2, 0.25) is 10.4 Å². The number of benzene rings is 2. The van der Waals surface area contributed by atoms with Crippen molar-refractivity contribution in [1.29, 1.82) is 0 Å². The molecule has 1 aromatic heterocycles. The maximum atomic E-state index is 12.0. The van der Waals surface area contributed by atoms with Crippen LogP contribution in [0.5, 0.6) is 0 Å². The fourth-order valence-corrected chi connectivity index (χ4v) is 2.74. The lowest BCUT2D eigenvalue weighted by molar-refractivity contribution is -0.751. The SMILES string of the molecule is CCN(CCOC(=O)c1ccccc1)c1ccc(N=Nc2nc[n+](C)n2C)cc1.COS(=O)(=O)[O-]. The van der Waals surface area contributed by atoms with Crippen molar-refractivity contribution < 1.29 is 31.4 Å². The zero-order valence-corrected chi connectivity index (χ0v) is 20.8. The summed E-state index contributed by atoms with van der Waals surface area (Å²) < 4.78 is 40.0. The molecule has 0 aliphatic heterocycles. The van der Waals surface area contributed by atoms with E-state index in [9.17, 15) is 17.8 Å². The van der Waals surface area contributed by atoms with E-state index in [1.807, 2.05) is 61.2 Å². The molecule has 13 heteroatoms. The van der Waals surface area contributed by atoms with Crippen molar-refractivity contribution in [1.82, 2.24) is 9.67 Å². The van der Waals surface area contributed by atoms with Crippen molar-refractivity contribution in [3.8, 4) is 0 Å². The summed E-state index contributed by atoms with van der Waals surface area (Å²) in [6.07, 6.45) is 1.68. The largest absolute Gasteiger partial charge is 0.726 e. The van der Waals surface area contributed by atoms with Gasteiger partial charge >= 0.3 is 18.2 Å². The molecule has 0 saturated heterocycles. The van der Waals surface area contributed by atoms with Crippen LogP contribution in [0.3, 0.4) is 0 Å². The first-order valence-corrected chi connectivity index (χ1v) is 11.9. The minimum absolute atomic E-state index is 0.305. The van der Waals surface area contributed by atoms with Crippen LogP contribution in [0.2, 0.25) is 0 Å². The van der Waals surface area contributed by atoms with Crippen LogP contribution in [0.15, 0.2) is 71.2 Å². The molecule has 0 spiro atoms. The van der Waals surface area contributed by atoms with Gasteiger partial charge in [-0.15, -0.1) is 5.11 Å². The van der Waals surface area contributed by atoms with E-state index in [0.717, 1.165) is 25.0 Å². The number of azo groups is 1. The topological polar surface area (TPSA) is 142 Å². The fourth-order valence-electron chi connectivity index (χ4n) is 2.74. The third-order valence-corrected chi connectivity index (χ3v) is 5.17. The van der Waals surface area contributed by atoms with Gasteiger partial charge in [0, 0.05) is 12.2 Å². The van der Waals surface area contributed by atoms with Crippen LogP contribution in [0, 0.1) is 0 Å². The zero-order chi connectivity index (χ0) is 25.8. The molecular formula is C22H28N6O6S. The zero-order valence-electron chi connectivity index (χ0n) is 19.9. The lowest BCUT2D eigenvalue weighted by Crippen LogP contribution is -2.35. The Morgan fingerprint density at radius 1 is 1.14 bits per heavy atom. The Hall–Kier alpha value is -3.68. The quantitative estimate of drug-likeness (QED) is 0.142. The number of ether oxygens (including phenoxy) is 1. The summed E-state index contributed by atoms with van der Waals surface area (Å²) in [4.78, 5) is 18.4. The van der Waals surface area contributed by atoms with Crippen LogP contribution in [0.25, 0.3) is 0 Å². The van der Waals surface area contributed by atoms with E-state index >= 15 is 0 Å². The summed E-state index contributed by atoms with van der Waals surface area (Å²) in [5, 5.41) is 8.41. The summed E-state index contributed by atoms with van der Waals surface area (Å²) in [5.74, 6) is 0.229. The second-order valence-corrected chi connectivity index (χ2v) is 8.16. The molecule has 0 aliphatic rings. The first-order valence-electron chi connectivity index (χ1n) is 10.5. The molecule has 0 bridgehead atoms. The molecule has 3 rings (SSSR count). The van der Waals surface area contributed by atoms with E-state index in [1.165, 1.54) is 0 Å². The maximum absolute atomic E-state index is 12.0. The number of hydrogen-bond donors (Lipinski definition) is 0. The van der Waals surface area contributed by atoms with Crippen LogP contribution in [0.1, 0.15) is 17.3 Å². The Kier molecular flexibility index (Phi) is 10.5. The van der Waals surface area contributed by atoms with E-state index in [1.54, 1.807) is 23.1 Å². The lowest BCUT2D eigenvalue weighted by atomic mass is 10.2. The van der Waals surface area contributed by atoms with E-state index in [-0.39, 0.29) is 5.97 Å². The molecule has 2 aromatic carbocycles. The smallest absolute Gasteiger partial charge is 0.394 e. The Labute approximate surface area is 204 Å². The molecule has 0 atom stereocenters. The van der Waals surface area contributed by atoms with Gasteiger partial charge < -0.3 is 14.2 Å². The summed E-state index contributed by atoms with van der Waals surface area (Å²) >= 11 is 0. The lowest BCUT2D eigenvalue weighted by Gasteiger charge is -2.22. The van der Waals surface area contributed by atoms with Crippen LogP contribution in [-0.4, -0.2) is 55.4 Å². The summed E-state index contributed by atoms with van der Waals surface area (Å²) in [7, 11) is 0.151. The average molecular weight is 505 g/mol. The number of carbonyl (C=O) groups excluding carboxylic acids is 1. The van der Waals surface area contributed by atoms with Gasteiger partial charge in [-0.2, -0.15) is 9.36 Å². The van der Waals surface area contributed by atoms with E-state index in [2.05, 4.69) is 31.2 Å². The number of likely N-dealkylation sites (N-methyl/N-ethyl adjacent to an activating group) is 1. The minimum atomic E-state index is -4.41. The number of carbonyl (C=O) groups is 1. The first kappa shape index (κ1) is 27.6. The highest BCUT2D eigenvalue weighted by molar-refractivity contribution is 7.80. The van der Waals surface area contributed by atoms with Crippen LogP contribution in [0.4, 0.5) is 17.3 Å². The van der Waals surface area contributed by atoms with Crippen molar-refractivity contribution in [2.24, 2.45) is 24.3 Å². The third kappa shape index (κ3) is 9.23. The van der Waals surface area contributed by atoms with Crippen molar-refractivity contribution >= 4 is 33.7 Å². The molecule has 0 aliphatic carbocycles. The van der Waals surface area contributed by atoms with Gasteiger partial charge in [0.25, 0.3) is 0 Å². The Morgan fingerprint density at radius 2 is 1.77 bits per heavy atom. The monoisotopic (exact) mass is 504 g/mol. The molecule has 0 unspecified atom stereocenters. The highest BCUT2D eigenvalue weighted by Crippen LogP contribution is 2.21. The second-order valence-electron chi connectivity index (χ2n) is 7.01. The maximum Gasteiger partial charge on any atom is 0.394 e. The van der Waals surface area contributed by atoms with Gasteiger partial charge in [0.1, 0.15) is 13.7 Å². The Balaban J connectivity index is 0.000000641. The van der Waals surface area contributed by atoms with E-state index in [0.29, 0.717) is 24.7 Å². The normalized spacial score (nSPS) is 11.1. The third-order valence-electron chi connectivity index (χ3n) is 4.76. The van der Waals surface area contributed by atoms with E-state index in [4.69, 9.17) is 4.74 Å². The molecule has 188 valence electrons. The highest BCUT2D eigenvalue weighted by atomic mass is 32.3. The molecule has 0 radical (unpaired) electrons. The summed E-state index contributed by atoms with van der Waals surface area (Å²) in [6.45, 7) is 3.79. The van der Waals surface area contributed by atoms with Gasteiger partial charge in [-0.3, -0.25) is 4.18 Å². The van der Waals surface area contributed by atoms with Gasteiger partial charge in [0.05, 0.1) is 32.0 Å². The number of nitrogens with zero attached hydrogens (tertiary/aromatic N) is 6. The van der Waals surface area contributed by atoms with Crippen molar-refractivity contribution in [2.45, 2.75) is 6.92 Å². The molecule has 35 heavy (non-hydrogen) atoms. The standard InChI is InChI=1S/C21H25N6O2.CH4O4S/c1-4-27(14-15-29-20(28)17-8-6-5-7-9-17)19-12-10-18(11-13-19)23-24-21-22-16-25(2)26(21)3;1-5-6(2,3)4/h5-13,16H,4,14-15H2,1-3H3;1H3,(H,2,3,4)/q+1;/p-1. The summed E-state index contributed by atoms with van der Waals surface area (Å²) in [5.41, 5.74) is 2.34. The van der Waals surface area contributed by atoms with Crippen molar-refractivity contribution in [3.63, 3.8) is 0 Å². The van der Waals surface area contributed by atoms with Crippen molar-refractivity contribution in [3.05, 3.63) is 66.5 Å². The molecule has 1 heterocycles. The number of rotatable bonds is 9. The molecular weight excluding hydrogens is 476 g/mol. The number of aromatic nitrogens is 3. The van der Waals surface area contributed by atoms with Gasteiger partial charge in [-0.25, -0.2) is 13.2 Å². The summed E-state index contributed by atoms with van der Waals surface area (Å²) in [6, 6.07) is 16.8. The highest BCUT2D eigenvalue weighted by Gasteiger charge is 2.10.